The van der Waals surface area contributed by atoms with Gasteiger partial charge in [-0.25, -0.2) is 4.79 Å². The summed E-state index contributed by atoms with van der Waals surface area (Å²) in [4.78, 5) is 11.8. The lowest BCUT2D eigenvalue weighted by Gasteiger charge is -2.09. The number of anilines is 1. The van der Waals surface area contributed by atoms with Crippen LogP contribution in [-0.2, 0) is 6.42 Å². The zero-order chi connectivity index (χ0) is 18.4. The van der Waals surface area contributed by atoms with Crippen molar-refractivity contribution in [2.24, 2.45) is 0 Å². The number of halogens is 5. The minimum Gasteiger partial charge on any atom is -0.338 e. The van der Waals surface area contributed by atoms with E-state index in [0.717, 1.165) is 5.56 Å². The van der Waals surface area contributed by atoms with Gasteiger partial charge >= 0.3 is 11.5 Å². The summed E-state index contributed by atoms with van der Waals surface area (Å²) in [5, 5.41) is 6.11. The highest BCUT2D eigenvalue weighted by molar-refractivity contribution is 8.00. The second-order valence-corrected chi connectivity index (χ2v) is 6.90. The molecule has 25 heavy (non-hydrogen) atoms. The molecular weight excluding hydrogens is 396 g/mol. The van der Waals surface area contributed by atoms with Crippen molar-refractivity contribution in [3.05, 3.63) is 58.1 Å². The molecule has 0 unspecified atom stereocenters. The van der Waals surface area contributed by atoms with Gasteiger partial charge in [0, 0.05) is 17.1 Å². The molecule has 0 aliphatic carbocycles. The highest BCUT2D eigenvalue weighted by Crippen LogP contribution is 2.37. The van der Waals surface area contributed by atoms with Gasteiger partial charge in [0.25, 0.3) is 0 Å². The van der Waals surface area contributed by atoms with Crippen LogP contribution in [0.3, 0.4) is 0 Å². The molecule has 0 aromatic heterocycles. The van der Waals surface area contributed by atoms with E-state index >= 15 is 0 Å². The normalized spacial score (nSPS) is 11.2. The molecule has 0 bridgehead atoms. The fraction of sp³-hybridized carbons (Fsp3) is 0.188. The molecule has 0 aliphatic heterocycles. The summed E-state index contributed by atoms with van der Waals surface area (Å²) >= 11 is 11.5. The van der Waals surface area contributed by atoms with Crippen LogP contribution in [0.2, 0.25) is 10.0 Å². The molecule has 0 aliphatic rings. The molecule has 2 amide bonds. The Morgan fingerprint density at radius 1 is 1.04 bits per heavy atom. The average molecular weight is 409 g/mol. The Kier molecular flexibility index (Phi) is 6.87. The largest absolute Gasteiger partial charge is 0.446 e. The van der Waals surface area contributed by atoms with Crippen LogP contribution in [0.25, 0.3) is 0 Å². The molecule has 0 atom stereocenters. The summed E-state index contributed by atoms with van der Waals surface area (Å²) in [5.41, 5.74) is -3.02. The highest BCUT2D eigenvalue weighted by atomic mass is 35.5. The Hall–Kier alpha value is -1.57. The third-order valence-electron chi connectivity index (χ3n) is 3.03. The zero-order valence-electron chi connectivity index (χ0n) is 12.7. The number of carbonyl (C=O) groups excluding carboxylic acids is 1. The maximum absolute atomic E-state index is 12.2. The van der Waals surface area contributed by atoms with E-state index in [1.807, 2.05) is 6.07 Å². The summed E-state index contributed by atoms with van der Waals surface area (Å²) < 4.78 is 36.7. The minimum atomic E-state index is -4.34. The maximum atomic E-state index is 12.2. The lowest BCUT2D eigenvalue weighted by atomic mass is 10.1. The smallest absolute Gasteiger partial charge is 0.338 e. The minimum absolute atomic E-state index is 0.0538. The number of amides is 2. The van der Waals surface area contributed by atoms with Crippen molar-refractivity contribution in [2.75, 3.05) is 11.9 Å². The SMILES string of the molecule is O=C(NCCc1ccc(Cl)c(Cl)c1)Nc1ccc(SC(F)(F)F)cc1. The third kappa shape index (κ3) is 7.05. The quantitative estimate of drug-likeness (QED) is 0.598. The lowest BCUT2D eigenvalue weighted by molar-refractivity contribution is -0.0328. The maximum Gasteiger partial charge on any atom is 0.446 e. The van der Waals surface area contributed by atoms with Gasteiger partial charge in [0.15, 0.2) is 0 Å². The number of thioether (sulfide) groups is 1. The van der Waals surface area contributed by atoms with Crippen LogP contribution in [0.15, 0.2) is 47.4 Å². The first-order valence-electron chi connectivity index (χ1n) is 7.07. The number of benzene rings is 2. The van der Waals surface area contributed by atoms with E-state index < -0.39 is 11.5 Å². The number of carbonyl (C=O) groups is 1. The van der Waals surface area contributed by atoms with Crippen molar-refractivity contribution in [1.82, 2.24) is 5.32 Å². The Morgan fingerprint density at radius 2 is 1.72 bits per heavy atom. The Balaban J connectivity index is 1.79. The molecule has 2 aromatic rings. The van der Waals surface area contributed by atoms with Crippen molar-refractivity contribution < 1.29 is 18.0 Å². The predicted octanol–water partition coefficient (Wildman–Crippen LogP) is 5.97. The van der Waals surface area contributed by atoms with Crippen LogP contribution < -0.4 is 10.6 Å². The van der Waals surface area contributed by atoms with E-state index in [1.165, 1.54) is 24.3 Å². The number of hydrogen-bond donors (Lipinski definition) is 2. The summed E-state index contributed by atoms with van der Waals surface area (Å²) in [6.07, 6.45) is 0.561. The van der Waals surface area contributed by atoms with Gasteiger partial charge in [0.2, 0.25) is 0 Å². The lowest BCUT2D eigenvalue weighted by Crippen LogP contribution is -2.30. The predicted molar refractivity (Wildman–Crippen MR) is 95.5 cm³/mol. The summed E-state index contributed by atoms with van der Waals surface area (Å²) in [5.74, 6) is 0. The number of rotatable bonds is 5. The molecule has 0 saturated carbocycles. The molecule has 0 fully saturated rings. The average Bonchev–Trinajstić information content (AvgIpc) is 2.51. The van der Waals surface area contributed by atoms with Crippen molar-refractivity contribution in [2.45, 2.75) is 16.8 Å². The van der Waals surface area contributed by atoms with Crippen LogP contribution in [0.5, 0.6) is 0 Å². The van der Waals surface area contributed by atoms with Crippen LogP contribution in [0.1, 0.15) is 5.56 Å². The monoisotopic (exact) mass is 408 g/mol. The first-order chi connectivity index (χ1) is 11.7. The molecule has 2 rings (SSSR count). The van der Waals surface area contributed by atoms with Gasteiger partial charge in [-0.2, -0.15) is 13.2 Å². The van der Waals surface area contributed by atoms with Gasteiger partial charge in [-0.15, -0.1) is 0 Å². The van der Waals surface area contributed by atoms with Crippen molar-refractivity contribution in [3.63, 3.8) is 0 Å². The van der Waals surface area contributed by atoms with Gasteiger partial charge in [0.1, 0.15) is 0 Å². The highest BCUT2D eigenvalue weighted by Gasteiger charge is 2.29. The molecule has 0 heterocycles. The fourth-order valence-electron chi connectivity index (χ4n) is 1.93. The van der Waals surface area contributed by atoms with E-state index in [4.69, 9.17) is 23.2 Å². The van der Waals surface area contributed by atoms with E-state index in [0.29, 0.717) is 28.7 Å². The van der Waals surface area contributed by atoms with E-state index in [1.54, 1.807) is 12.1 Å². The van der Waals surface area contributed by atoms with Gasteiger partial charge in [-0.3, -0.25) is 0 Å². The molecule has 0 radical (unpaired) electrons. The number of urea groups is 1. The Bertz CT molecular complexity index is 739. The second-order valence-electron chi connectivity index (χ2n) is 4.95. The second kappa shape index (κ2) is 8.69. The molecular formula is C16H13Cl2F3N2OS. The van der Waals surface area contributed by atoms with E-state index in [9.17, 15) is 18.0 Å². The molecule has 2 N–H and O–H groups in total. The molecule has 3 nitrogen and oxygen atoms in total. The van der Waals surface area contributed by atoms with Crippen molar-refractivity contribution in [1.29, 1.82) is 0 Å². The zero-order valence-corrected chi connectivity index (χ0v) is 15.0. The third-order valence-corrected chi connectivity index (χ3v) is 4.51. The first kappa shape index (κ1) is 19.8. The molecule has 9 heteroatoms. The van der Waals surface area contributed by atoms with Gasteiger partial charge in [0.05, 0.1) is 10.0 Å². The fourth-order valence-corrected chi connectivity index (χ4v) is 2.79. The van der Waals surface area contributed by atoms with Gasteiger partial charge in [-0.05, 0) is 60.1 Å². The summed E-state index contributed by atoms with van der Waals surface area (Å²) in [6.45, 7) is 0.367. The molecule has 0 spiro atoms. The number of hydrogen-bond acceptors (Lipinski definition) is 2. The van der Waals surface area contributed by atoms with E-state index in [-0.39, 0.29) is 16.7 Å². The Morgan fingerprint density at radius 3 is 2.32 bits per heavy atom. The Labute approximate surface area is 156 Å². The summed E-state index contributed by atoms with van der Waals surface area (Å²) in [7, 11) is 0. The van der Waals surface area contributed by atoms with Crippen LogP contribution in [-0.4, -0.2) is 18.1 Å². The first-order valence-corrected chi connectivity index (χ1v) is 8.65. The van der Waals surface area contributed by atoms with Crippen LogP contribution >= 0.6 is 35.0 Å². The van der Waals surface area contributed by atoms with Crippen molar-refractivity contribution >= 4 is 46.7 Å². The number of alkyl halides is 3. The topological polar surface area (TPSA) is 41.1 Å². The number of nitrogens with one attached hydrogen (secondary N) is 2. The van der Waals surface area contributed by atoms with Gasteiger partial charge in [-0.1, -0.05) is 29.3 Å². The standard InChI is InChI=1S/C16H13Cl2F3N2OS/c17-13-6-1-10(9-14(13)18)7-8-22-15(24)23-11-2-4-12(5-3-11)25-16(19,20)21/h1-6,9H,7-8H2,(H2,22,23,24). The molecule has 0 saturated heterocycles. The van der Waals surface area contributed by atoms with Crippen molar-refractivity contribution in [3.8, 4) is 0 Å². The van der Waals surface area contributed by atoms with Crippen LogP contribution in [0.4, 0.5) is 23.7 Å². The molecule has 2 aromatic carbocycles. The van der Waals surface area contributed by atoms with E-state index in [2.05, 4.69) is 10.6 Å². The van der Waals surface area contributed by atoms with Gasteiger partial charge < -0.3 is 10.6 Å². The molecule has 134 valence electrons. The summed E-state index contributed by atoms with van der Waals surface area (Å²) in [6, 6.07) is 10.2. The van der Waals surface area contributed by atoms with Crippen LogP contribution in [0, 0.1) is 0 Å².